The molecule has 0 aromatic carbocycles. The summed E-state index contributed by atoms with van der Waals surface area (Å²) in [6, 6.07) is 0. The summed E-state index contributed by atoms with van der Waals surface area (Å²) in [4.78, 5) is 0. The highest BCUT2D eigenvalue weighted by atomic mass is 14.0. The van der Waals surface area contributed by atoms with Gasteiger partial charge < -0.3 is 0 Å². The lowest BCUT2D eigenvalue weighted by Gasteiger charge is -2.01. The number of hydrogen-bond acceptors (Lipinski definition) is 0. The second-order valence-corrected chi connectivity index (χ2v) is 3.01. The van der Waals surface area contributed by atoms with Crippen molar-refractivity contribution in [2.24, 2.45) is 0 Å². The quantitative estimate of drug-likeness (QED) is 0.562. The minimum atomic E-state index is 1.17. The van der Waals surface area contributed by atoms with Gasteiger partial charge in [0.2, 0.25) is 0 Å². The van der Waals surface area contributed by atoms with Gasteiger partial charge in [0.05, 0.1) is 0 Å². The van der Waals surface area contributed by atoms with Crippen LogP contribution in [0.2, 0.25) is 0 Å². The summed E-state index contributed by atoms with van der Waals surface area (Å²) in [6.45, 7) is 9.77. The molecule has 0 heteroatoms. The first-order valence-electron chi connectivity index (χ1n) is 5.21. The van der Waals surface area contributed by atoms with Crippen LogP contribution in [0.5, 0.6) is 0 Å². The maximum Gasteiger partial charge on any atom is -0.0188 e. The molecule has 0 aliphatic rings. The first-order valence-corrected chi connectivity index (χ1v) is 5.21. The Kier molecular flexibility index (Phi) is 8.08. The van der Waals surface area contributed by atoms with Crippen LogP contribution in [0, 0.1) is 0 Å². The van der Waals surface area contributed by atoms with E-state index < -0.39 is 0 Å². The molecule has 0 saturated carbocycles. The zero-order chi connectivity index (χ0) is 11.5. The predicted octanol–water partition coefficient (Wildman–Crippen LogP) is 4.75. The molecule has 0 rings (SSSR count). The van der Waals surface area contributed by atoms with Gasteiger partial charge >= 0.3 is 0 Å². The van der Waals surface area contributed by atoms with E-state index >= 15 is 0 Å². The van der Waals surface area contributed by atoms with Crippen molar-refractivity contribution in [3.05, 3.63) is 72.4 Å². The van der Waals surface area contributed by atoms with E-state index in [0.717, 1.165) is 0 Å². The van der Waals surface area contributed by atoms with E-state index in [9.17, 15) is 0 Å². The van der Waals surface area contributed by atoms with Crippen LogP contribution in [0.15, 0.2) is 72.4 Å². The van der Waals surface area contributed by atoms with Crippen molar-refractivity contribution < 1.29 is 0 Å². The Bertz CT molecular complexity index is 320. The van der Waals surface area contributed by atoms with Crippen molar-refractivity contribution in [3.63, 3.8) is 0 Å². The average molecular weight is 200 g/mol. The summed E-state index contributed by atoms with van der Waals surface area (Å²) in [6.07, 6.45) is 18.2. The van der Waals surface area contributed by atoms with Crippen LogP contribution in [0.3, 0.4) is 0 Å². The summed E-state index contributed by atoms with van der Waals surface area (Å²) in [5.74, 6) is 0. The molecule has 0 amide bonds. The molecule has 0 aliphatic heterocycles. The molecule has 15 heavy (non-hydrogen) atoms. The van der Waals surface area contributed by atoms with E-state index in [1.165, 1.54) is 11.1 Å². The summed E-state index contributed by atoms with van der Waals surface area (Å²) in [7, 11) is 0. The highest BCUT2D eigenvalue weighted by Gasteiger charge is 1.94. The maximum absolute atomic E-state index is 3.73. The molecule has 0 aliphatic carbocycles. The fraction of sp³-hybridized carbons (Fsp3) is 0.200. The highest BCUT2D eigenvalue weighted by molar-refractivity contribution is 5.49. The van der Waals surface area contributed by atoms with Crippen molar-refractivity contribution >= 4 is 0 Å². The molecule has 80 valence electrons. The number of rotatable bonds is 5. The first-order chi connectivity index (χ1) is 7.29. The third-order valence-electron chi connectivity index (χ3n) is 1.79. The minimum absolute atomic E-state index is 1.17. The Labute approximate surface area is 93.7 Å². The topological polar surface area (TPSA) is 0 Å². The van der Waals surface area contributed by atoms with Gasteiger partial charge in [0.25, 0.3) is 0 Å². The zero-order valence-corrected chi connectivity index (χ0v) is 9.90. The highest BCUT2D eigenvalue weighted by Crippen LogP contribution is 2.14. The standard InChI is InChI=1S/C15H20/c1-5-9-13-15(12-8-4)14(10-6-2)11-7-3/h5-13H,2H2,1,3-4H3/b9-5-,11-7-,12-8-,14-10+,15-13+. The summed E-state index contributed by atoms with van der Waals surface area (Å²) in [5, 5.41) is 0. The van der Waals surface area contributed by atoms with E-state index in [2.05, 4.69) is 24.8 Å². The number of allylic oxidation sites excluding steroid dienone is 11. The van der Waals surface area contributed by atoms with Crippen LogP contribution >= 0.6 is 0 Å². The molecule has 0 spiro atoms. The first kappa shape index (κ1) is 13.4. The smallest absolute Gasteiger partial charge is 0.0188 e. The monoisotopic (exact) mass is 200 g/mol. The van der Waals surface area contributed by atoms with Gasteiger partial charge in [-0.25, -0.2) is 0 Å². The zero-order valence-electron chi connectivity index (χ0n) is 9.90. The molecule has 0 aromatic heterocycles. The molecule has 0 bridgehead atoms. The van der Waals surface area contributed by atoms with E-state index in [4.69, 9.17) is 0 Å². The molecule has 0 N–H and O–H groups in total. The summed E-state index contributed by atoms with van der Waals surface area (Å²) >= 11 is 0. The number of hydrogen-bond donors (Lipinski definition) is 0. The Morgan fingerprint density at radius 1 is 0.800 bits per heavy atom. The lowest BCUT2D eigenvalue weighted by molar-refractivity contribution is 1.50. The van der Waals surface area contributed by atoms with Crippen LogP contribution in [-0.4, -0.2) is 0 Å². The second kappa shape index (κ2) is 9.01. The molecular weight excluding hydrogens is 180 g/mol. The van der Waals surface area contributed by atoms with E-state index in [1.807, 2.05) is 57.2 Å². The summed E-state index contributed by atoms with van der Waals surface area (Å²) in [5.41, 5.74) is 2.36. The van der Waals surface area contributed by atoms with Crippen molar-refractivity contribution in [2.45, 2.75) is 20.8 Å². The Balaban J connectivity index is 5.18. The SMILES string of the molecule is C=C/C=C(\C=C/C)C(/C=C\C)=C/C=C\C. The van der Waals surface area contributed by atoms with Crippen LogP contribution in [0.25, 0.3) is 0 Å². The van der Waals surface area contributed by atoms with Gasteiger partial charge in [0.1, 0.15) is 0 Å². The largest absolute Gasteiger partial charge is 0.0990 e. The van der Waals surface area contributed by atoms with Gasteiger partial charge in [-0.05, 0) is 31.9 Å². The van der Waals surface area contributed by atoms with Crippen molar-refractivity contribution in [2.75, 3.05) is 0 Å². The normalized spacial score (nSPS) is 14.6. The molecule has 0 aromatic rings. The van der Waals surface area contributed by atoms with Gasteiger partial charge in [-0.2, -0.15) is 0 Å². The molecular formula is C15H20. The third kappa shape index (κ3) is 5.69. The van der Waals surface area contributed by atoms with Crippen molar-refractivity contribution in [1.82, 2.24) is 0 Å². The lowest BCUT2D eigenvalue weighted by Crippen LogP contribution is -1.82. The van der Waals surface area contributed by atoms with E-state index in [-0.39, 0.29) is 0 Å². The van der Waals surface area contributed by atoms with Crippen LogP contribution in [0.4, 0.5) is 0 Å². The molecule has 0 radical (unpaired) electrons. The van der Waals surface area contributed by atoms with Gasteiger partial charge in [0, 0.05) is 0 Å². The van der Waals surface area contributed by atoms with Gasteiger partial charge in [-0.3, -0.25) is 0 Å². The van der Waals surface area contributed by atoms with Gasteiger partial charge in [-0.15, -0.1) is 0 Å². The molecule has 0 heterocycles. The van der Waals surface area contributed by atoms with Crippen molar-refractivity contribution in [3.8, 4) is 0 Å². The molecule has 0 saturated heterocycles. The van der Waals surface area contributed by atoms with Crippen LogP contribution in [0.1, 0.15) is 20.8 Å². The fourth-order valence-corrected chi connectivity index (χ4v) is 1.18. The van der Waals surface area contributed by atoms with E-state index in [0.29, 0.717) is 0 Å². The molecule has 0 unspecified atom stereocenters. The van der Waals surface area contributed by atoms with E-state index in [1.54, 1.807) is 0 Å². The molecule has 0 atom stereocenters. The Hall–Kier alpha value is -1.56. The van der Waals surface area contributed by atoms with Crippen LogP contribution < -0.4 is 0 Å². The fourth-order valence-electron chi connectivity index (χ4n) is 1.18. The summed E-state index contributed by atoms with van der Waals surface area (Å²) < 4.78 is 0. The second-order valence-electron chi connectivity index (χ2n) is 3.01. The maximum atomic E-state index is 3.73. The average Bonchev–Trinajstić information content (AvgIpc) is 2.24. The van der Waals surface area contributed by atoms with Gasteiger partial charge in [0.15, 0.2) is 0 Å². The molecule has 0 nitrogen and oxygen atoms in total. The lowest BCUT2D eigenvalue weighted by atomic mass is 10.0. The van der Waals surface area contributed by atoms with Crippen LogP contribution in [-0.2, 0) is 0 Å². The Morgan fingerprint density at radius 3 is 1.73 bits per heavy atom. The Morgan fingerprint density at radius 2 is 1.33 bits per heavy atom. The third-order valence-corrected chi connectivity index (χ3v) is 1.79. The predicted molar refractivity (Wildman–Crippen MR) is 70.8 cm³/mol. The molecule has 0 fully saturated rings. The minimum Gasteiger partial charge on any atom is -0.0990 e. The van der Waals surface area contributed by atoms with Gasteiger partial charge in [-0.1, -0.05) is 61.3 Å². The van der Waals surface area contributed by atoms with Crippen molar-refractivity contribution in [1.29, 1.82) is 0 Å².